The van der Waals surface area contributed by atoms with Crippen LogP contribution < -0.4 is 5.32 Å². The van der Waals surface area contributed by atoms with Gasteiger partial charge in [-0.2, -0.15) is 0 Å². The normalized spacial score (nSPS) is 8.56. The van der Waals surface area contributed by atoms with E-state index < -0.39 is 36.5 Å². The van der Waals surface area contributed by atoms with Crippen molar-refractivity contribution in [2.45, 2.75) is 12.8 Å². The molecule has 0 saturated carbocycles. The molecule has 16 heavy (non-hydrogen) atoms. The van der Waals surface area contributed by atoms with E-state index in [-0.39, 0.29) is 6.54 Å². The summed E-state index contributed by atoms with van der Waals surface area (Å²) >= 11 is 0. The topological polar surface area (TPSA) is 141 Å². The number of likely N-dealkylation sites (N-methyl/N-ethyl adjacent to an activating group) is 1. The Morgan fingerprint density at radius 2 is 1.44 bits per heavy atom. The molecule has 0 aromatic heterocycles. The van der Waals surface area contributed by atoms with Gasteiger partial charge in [-0.25, -0.2) is 4.79 Å². The molecule has 0 bridgehead atoms. The maximum Gasteiger partial charge on any atom is 0.372 e. The van der Waals surface area contributed by atoms with Gasteiger partial charge in [0.05, 0.1) is 13.0 Å². The molecule has 0 aliphatic rings. The van der Waals surface area contributed by atoms with Crippen LogP contribution in [0.25, 0.3) is 0 Å². The predicted molar refractivity (Wildman–Crippen MR) is 51.1 cm³/mol. The molecule has 0 atom stereocenters. The third-order valence-electron chi connectivity index (χ3n) is 1.13. The SMILES string of the molecule is CNCC(=O)O.O=C(O)CCC(=O)C(=O)O. The number of ketones is 1. The second-order valence-corrected chi connectivity index (χ2v) is 2.55. The average Bonchev–Trinajstić information content (AvgIpc) is 2.14. The van der Waals surface area contributed by atoms with Gasteiger partial charge in [0.25, 0.3) is 0 Å². The first-order valence-corrected chi connectivity index (χ1v) is 4.15. The summed E-state index contributed by atoms with van der Waals surface area (Å²) in [6.45, 7) is 0.0417. The van der Waals surface area contributed by atoms with Crippen molar-refractivity contribution >= 4 is 23.7 Å². The Morgan fingerprint density at radius 1 is 0.938 bits per heavy atom. The van der Waals surface area contributed by atoms with E-state index >= 15 is 0 Å². The maximum atomic E-state index is 10.2. The molecular weight excluding hydrogens is 222 g/mol. The van der Waals surface area contributed by atoms with Gasteiger partial charge in [-0.15, -0.1) is 0 Å². The van der Waals surface area contributed by atoms with Crippen molar-refractivity contribution in [3.63, 3.8) is 0 Å². The highest BCUT2D eigenvalue weighted by atomic mass is 16.4. The number of carbonyl (C=O) groups excluding carboxylic acids is 1. The van der Waals surface area contributed by atoms with Gasteiger partial charge in [0.1, 0.15) is 0 Å². The molecule has 0 aromatic rings. The van der Waals surface area contributed by atoms with Crippen LogP contribution >= 0.6 is 0 Å². The zero-order valence-electron chi connectivity index (χ0n) is 8.60. The second kappa shape index (κ2) is 9.59. The quantitative estimate of drug-likeness (QED) is 0.420. The minimum atomic E-state index is -1.58. The molecule has 4 N–H and O–H groups in total. The lowest BCUT2D eigenvalue weighted by Crippen LogP contribution is -2.16. The van der Waals surface area contributed by atoms with Gasteiger partial charge < -0.3 is 20.6 Å². The summed E-state index contributed by atoms with van der Waals surface area (Å²) in [4.78, 5) is 39.3. The highest BCUT2D eigenvalue weighted by molar-refractivity contribution is 6.32. The number of hydrogen-bond donors (Lipinski definition) is 4. The lowest BCUT2D eigenvalue weighted by molar-refractivity contribution is -0.149. The molecule has 0 aliphatic carbocycles. The number of aliphatic carboxylic acids is 3. The zero-order chi connectivity index (χ0) is 13.1. The summed E-state index contributed by atoms with van der Waals surface area (Å²) < 4.78 is 0. The van der Waals surface area contributed by atoms with Gasteiger partial charge in [0.15, 0.2) is 0 Å². The van der Waals surface area contributed by atoms with E-state index in [1.165, 1.54) is 0 Å². The minimum absolute atomic E-state index is 0.0417. The molecule has 0 heterocycles. The first-order chi connectivity index (χ1) is 7.31. The van der Waals surface area contributed by atoms with E-state index in [1.807, 2.05) is 0 Å². The molecule has 0 rings (SSSR count). The fraction of sp³-hybridized carbons (Fsp3) is 0.500. The highest BCUT2D eigenvalue weighted by Gasteiger charge is 2.12. The molecule has 0 spiro atoms. The Hall–Kier alpha value is -1.96. The van der Waals surface area contributed by atoms with Crippen molar-refractivity contribution in [3.8, 4) is 0 Å². The Morgan fingerprint density at radius 3 is 1.62 bits per heavy atom. The number of nitrogens with one attached hydrogen (secondary N) is 1. The molecule has 0 aliphatic heterocycles. The van der Waals surface area contributed by atoms with Crippen molar-refractivity contribution in [3.05, 3.63) is 0 Å². The van der Waals surface area contributed by atoms with Crippen LogP contribution in [0.3, 0.4) is 0 Å². The Labute approximate surface area is 90.9 Å². The Balaban J connectivity index is 0. The lowest BCUT2D eigenvalue weighted by atomic mass is 10.2. The van der Waals surface area contributed by atoms with E-state index in [1.54, 1.807) is 7.05 Å². The fourth-order valence-electron chi connectivity index (χ4n) is 0.479. The number of hydrogen-bond acceptors (Lipinski definition) is 5. The highest BCUT2D eigenvalue weighted by Crippen LogP contribution is 1.89. The molecule has 0 unspecified atom stereocenters. The van der Waals surface area contributed by atoms with Crippen LogP contribution in [0.4, 0.5) is 0 Å². The predicted octanol–water partition coefficient (Wildman–Crippen LogP) is -1.20. The first-order valence-electron chi connectivity index (χ1n) is 4.15. The summed E-state index contributed by atoms with van der Waals surface area (Å²) in [6, 6.07) is 0. The monoisotopic (exact) mass is 235 g/mol. The number of rotatable bonds is 6. The zero-order valence-corrected chi connectivity index (χ0v) is 8.60. The van der Waals surface area contributed by atoms with Crippen LogP contribution in [-0.2, 0) is 19.2 Å². The molecule has 8 nitrogen and oxygen atoms in total. The van der Waals surface area contributed by atoms with Crippen LogP contribution in [0.15, 0.2) is 0 Å². The standard InChI is InChI=1S/C5H6O5.C3H7NO2/c6-3(5(9)10)1-2-4(7)8;1-4-2-3(5)6/h1-2H2,(H,7,8)(H,9,10);4H,2H2,1H3,(H,5,6). The first kappa shape index (κ1) is 16.5. The number of Topliss-reactive ketones (excluding diaryl/α,β-unsaturated/α-hetero) is 1. The average molecular weight is 235 g/mol. The largest absolute Gasteiger partial charge is 0.481 e. The number of carboxylic acid groups (broad SMARTS) is 3. The fourth-order valence-corrected chi connectivity index (χ4v) is 0.479. The van der Waals surface area contributed by atoms with E-state index in [0.717, 1.165) is 0 Å². The van der Waals surface area contributed by atoms with Gasteiger partial charge in [-0.3, -0.25) is 14.4 Å². The van der Waals surface area contributed by atoms with Gasteiger partial charge >= 0.3 is 17.9 Å². The molecule has 0 aromatic carbocycles. The minimum Gasteiger partial charge on any atom is -0.481 e. The summed E-state index contributed by atoms with van der Waals surface area (Å²) in [5.74, 6) is -4.64. The van der Waals surface area contributed by atoms with Crippen LogP contribution in [0.2, 0.25) is 0 Å². The summed E-state index contributed by atoms with van der Waals surface area (Å²) in [5, 5.41) is 26.3. The molecule has 0 amide bonds. The maximum absolute atomic E-state index is 10.2. The lowest BCUT2D eigenvalue weighted by Gasteiger charge is -1.88. The third-order valence-corrected chi connectivity index (χ3v) is 1.13. The van der Waals surface area contributed by atoms with E-state index in [2.05, 4.69) is 5.32 Å². The van der Waals surface area contributed by atoms with Crippen LogP contribution in [0, 0.1) is 0 Å². The Kier molecular flexibility index (Phi) is 9.87. The van der Waals surface area contributed by atoms with Crippen LogP contribution in [0.1, 0.15) is 12.8 Å². The molecule has 92 valence electrons. The van der Waals surface area contributed by atoms with Crippen molar-refractivity contribution in [2.75, 3.05) is 13.6 Å². The second-order valence-electron chi connectivity index (χ2n) is 2.55. The molecule has 0 fully saturated rings. The molecule has 0 saturated heterocycles. The van der Waals surface area contributed by atoms with Crippen molar-refractivity contribution in [2.24, 2.45) is 0 Å². The molecule has 0 radical (unpaired) electrons. The number of carboxylic acids is 3. The van der Waals surface area contributed by atoms with Gasteiger partial charge in [-0.05, 0) is 7.05 Å². The van der Waals surface area contributed by atoms with Crippen LogP contribution in [-0.4, -0.2) is 52.6 Å². The van der Waals surface area contributed by atoms with Crippen molar-refractivity contribution in [1.82, 2.24) is 5.32 Å². The smallest absolute Gasteiger partial charge is 0.372 e. The van der Waals surface area contributed by atoms with Crippen molar-refractivity contribution in [1.29, 1.82) is 0 Å². The Bertz CT molecular complexity index is 274. The van der Waals surface area contributed by atoms with Gasteiger partial charge in [0, 0.05) is 6.42 Å². The van der Waals surface area contributed by atoms with Gasteiger partial charge in [-0.1, -0.05) is 0 Å². The molecule has 8 heteroatoms. The van der Waals surface area contributed by atoms with Crippen LogP contribution in [0.5, 0.6) is 0 Å². The van der Waals surface area contributed by atoms with Crippen molar-refractivity contribution < 1.29 is 34.5 Å². The van der Waals surface area contributed by atoms with Gasteiger partial charge in [0.2, 0.25) is 5.78 Å². The molecular formula is C8H13NO7. The summed E-state index contributed by atoms with van der Waals surface area (Å²) in [5.41, 5.74) is 0. The third kappa shape index (κ3) is 14.6. The van der Waals surface area contributed by atoms with E-state index in [0.29, 0.717) is 0 Å². The number of carbonyl (C=O) groups is 4. The van der Waals surface area contributed by atoms with E-state index in [9.17, 15) is 19.2 Å². The summed E-state index contributed by atoms with van der Waals surface area (Å²) in [7, 11) is 1.59. The summed E-state index contributed by atoms with van der Waals surface area (Å²) in [6.07, 6.45) is -0.865. The van der Waals surface area contributed by atoms with E-state index in [4.69, 9.17) is 15.3 Å².